The van der Waals surface area contributed by atoms with Crippen LogP contribution in [0, 0.1) is 0 Å². The summed E-state index contributed by atoms with van der Waals surface area (Å²) < 4.78 is 6.71. The van der Waals surface area contributed by atoms with E-state index in [1.807, 2.05) is 19.2 Å². The predicted molar refractivity (Wildman–Crippen MR) is 51.7 cm³/mol. The van der Waals surface area contributed by atoms with Crippen molar-refractivity contribution in [3.05, 3.63) is 18.5 Å². The van der Waals surface area contributed by atoms with Gasteiger partial charge in [0.2, 0.25) is 5.91 Å². The van der Waals surface area contributed by atoms with Gasteiger partial charge in [-0.1, -0.05) is 0 Å². The van der Waals surface area contributed by atoms with Crippen molar-refractivity contribution < 1.29 is 9.53 Å². The molecule has 1 aromatic rings. The lowest BCUT2D eigenvalue weighted by Crippen LogP contribution is -2.30. The second-order valence-corrected chi connectivity index (χ2v) is 2.76. The average Bonchev–Trinajstić information content (AvgIpc) is 2.67. The van der Waals surface area contributed by atoms with Gasteiger partial charge in [0.25, 0.3) is 0 Å². The van der Waals surface area contributed by atoms with Crippen LogP contribution in [-0.4, -0.2) is 35.4 Å². The van der Waals surface area contributed by atoms with Gasteiger partial charge in [0, 0.05) is 25.5 Å². The fourth-order valence-electron chi connectivity index (χ4n) is 0.988. The van der Waals surface area contributed by atoms with Gasteiger partial charge in [-0.2, -0.15) is 5.10 Å². The zero-order valence-corrected chi connectivity index (χ0v) is 8.27. The van der Waals surface area contributed by atoms with Crippen molar-refractivity contribution in [2.24, 2.45) is 0 Å². The summed E-state index contributed by atoms with van der Waals surface area (Å²) in [6.45, 7) is 3.82. The number of nitrogens with zero attached hydrogens (tertiary/aromatic N) is 2. The van der Waals surface area contributed by atoms with Crippen LogP contribution >= 0.6 is 0 Å². The molecule has 0 unspecified atom stereocenters. The van der Waals surface area contributed by atoms with Crippen LogP contribution in [0.4, 0.5) is 0 Å². The first-order valence-electron chi connectivity index (χ1n) is 4.64. The van der Waals surface area contributed by atoms with E-state index in [9.17, 15) is 4.79 Å². The summed E-state index contributed by atoms with van der Waals surface area (Å²) >= 11 is 0. The van der Waals surface area contributed by atoms with Crippen LogP contribution in [0.25, 0.3) is 0 Å². The number of carbonyl (C=O) groups is 1. The van der Waals surface area contributed by atoms with Gasteiger partial charge < -0.3 is 10.1 Å². The smallest absolute Gasteiger partial charge is 0.246 e. The summed E-state index contributed by atoms with van der Waals surface area (Å²) in [5.41, 5.74) is 0. The Balaban J connectivity index is 2.06. The van der Waals surface area contributed by atoms with Crippen molar-refractivity contribution in [3.63, 3.8) is 0 Å². The first-order valence-corrected chi connectivity index (χ1v) is 4.64. The van der Waals surface area contributed by atoms with E-state index in [1.165, 1.54) is 0 Å². The maximum Gasteiger partial charge on any atom is 0.246 e. The van der Waals surface area contributed by atoms with Crippen molar-refractivity contribution in [1.29, 1.82) is 0 Å². The van der Waals surface area contributed by atoms with Crippen molar-refractivity contribution >= 4 is 5.91 Å². The van der Waals surface area contributed by atoms with Crippen LogP contribution in [-0.2, 0) is 16.1 Å². The quantitative estimate of drug-likeness (QED) is 0.700. The molecule has 0 atom stereocenters. The first kappa shape index (κ1) is 10.7. The monoisotopic (exact) mass is 197 g/mol. The summed E-state index contributed by atoms with van der Waals surface area (Å²) in [5, 5.41) is 6.74. The van der Waals surface area contributed by atoms with E-state index in [0.29, 0.717) is 19.7 Å². The van der Waals surface area contributed by atoms with Gasteiger partial charge in [0.15, 0.2) is 0 Å². The Bertz CT molecular complexity index is 259. The predicted octanol–water partition coefficient (Wildman–Crippen LogP) is 0.0358. The van der Waals surface area contributed by atoms with Gasteiger partial charge in [0.1, 0.15) is 6.61 Å². The Morgan fingerprint density at radius 1 is 1.64 bits per heavy atom. The van der Waals surface area contributed by atoms with Gasteiger partial charge >= 0.3 is 0 Å². The van der Waals surface area contributed by atoms with Gasteiger partial charge in [-0.05, 0) is 13.0 Å². The van der Waals surface area contributed by atoms with Crippen LogP contribution < -0.4 is 5.32 Å². The molecule has 78 valence electrons. The number of nitrogens with one attached hydrogen (secondary N) is 1. The Hall–Kier alpha value is -1.36. The topological polar surface area (TPSA) is 56.1 Å². The normalized spacial score (nSPS) is 10.1. The molecule has 0 bridgehead atoms. The summed E-state index contributed by atoms with van der Waals surface area (Å²) in [6.07, 6.45) is 3.57. The zero-order valence-electron chi connectivity index (χ0n) is 8.27. The number of hydrogen-bond donors (Lipinski definition) is 1. The number of carbonyl (C=O) groups excluding carboxylic acids is 1. The number of amides is 1. The standard InChI is InChI=1S/C9H15N3O2/c1-2-14-8-9(13)10-5-7-12-6-3-4-11-12/h3-4,6H,2,5,7-8H2,1H3,(H,10,13). The molecular weight excluding hydrogens is 182 g/mol. The Morgan fingerprint density at radius 3 is 3.14 bits per heavy atom. The fraction of sp³-hybridized carbons (Fsp3) is 0.556. The zero-order chi connectivity index (χ0) is 10.2. The third-order valence-corrected chi connectivity index (χ3v) is 1.66. The van der Waals surface area contributed by atoms with Crippen LogP contribution in [0.3, 0.4) is 0 Å². The molecule has 1 amide bonds. The van der Waals surface area contributed by atoms with Crippen LogP contribution in [0.1, 0.15) is 6.92 Å². The third-order valence-electron chi connectivity index (χ3n) is 1.66. The molecule has 0 aliphatic heterocycles. The Kier molecular flexibility index (Phi) is 4.71. The van der Waals surface area contributed by atoms with Crippen LogP contribution in [0.15, 0.2) is 18.5 Å². The highest BCUT2D eigenvalue weighted by atomic mass is 16.5. The highest BCUT2D eigenvalue weighted by molar-refractivity contribution is 5.77. The van der Waals surface area contributed by atoms with E-state index in [-0.39, 0.29) is 12.5 Å². The highest BCUT2D eigenvalue weighted by Gasteiger charge is 1.99. The maximum atomic E-state index is 11.1. The molecule has 0 aliphatic rings. The van der Waals surface area contributed by atoms with E-state index < -0.39 is 0 Å². The van der Waals surface area contributed by atoms with Crippen molar-refractivity contribution in [1.82, 2.24) is 15.1 Å². The van der Waals surface area contributed by atoms with E-state index in [0.717, 1.165) is 0 Å². The lowest BCUT2D eigenvalue weighted by atomic mass is 10.5. The number of hydrogen-bond acceptors (Lipinski definition) is 3. The number of rotatable bonds is 6. The van der Waals surface area contributed by atoms with Gasteiger partial charge in [-0.25, -0.2) is 0 Å². The average molecular weight is 197 g/mol. The molecule has 0 aromatic carbocycles. The highest BCUT2D eigenvalue weighted by Crippen LogP contribution is 1.82. The molecule has 1 N–H and O–H groups in total. The van der Waals surface area contributed by atoms with Gasteiger partial charge in [0.05, 0.1) is 6.54 Å². The molecule has 1 heterocycles. The largest absolute Gasteiger partial charge is 0.372 e. The summed E-state index contributed by atoms with van der Waals surface area (Å²) in [4.78, 5) is 11.1. The third kappa shape index (κ3) is 4.04. The SMILES string of the molecule is CCOCC(=O)NCCn1cccn1. The van der Waals surface area contributed by atoms with Crippen molar-refractivity contribution in [3.8, 4) is 0 Å². The summed E-state index contributed by atoms with van der Waals surface area (Å²) in [6, 6.07) is 1.85. The molecule has 0 spiro atoms. The minimum Gasteiger partial charge on any atom is -0.372 e. The van der Waals surface area contributed by atoms with Crippen molar-refractivity contribution in [2.75, 3.05) is 19.8 Å². The molecule has 5 nitrogen and oxygen atoms in total. The molecule has 0 aliphatic carbocycles. The fourth-order valence-corrected chi connectivity index (χ4v) is 0.988. The van der Waals surface area contributed by atoms with E-state index in [4.69, 9.17) is 4.74 Å². The second-order valence-electron chi connectivity index (χ2n) is 2.76. The molecule has 1 rings (SSSR count). The molecule has 0 fully saturated rings. The van der Waals surface area contributed by atoms with Crippen LogP contribution in [0.5, 0.6) is 0 Å². The first-order chi connectivity index (χ1) is 6.83. The lowest BCUT2D eigenvalue weighted by Gasteiger charge is -2.04. The van der Waals surface area contributed by atoms with E-state index >= 15 is 0 Å². The molecular formula is C9H15N3O2. The number of aromatic nitrogens is 2. The molecule has 1 aromatic heterocycles. The van der Waals surface area contributed by atoms with Gasteiger partial charge in [-0.15, -0.1) is 0 Å². The van der Waals surface area contributed by atoms with Gasteiger partial charge in [-0.3, -0.25) is 9.48 Å². The van der Waals surface area contributed by atoms with E-state index in [2.05, 4.69) is 10.4 Å². The lowest BCUT2D eigenvalue weighted by molar-refractivity contribution is -0.125. The maximum absolute atomic E-state index is 11.1. The molecule has 0 saturated heterocycles. The van der Waals surface area contributed by atoms with Crippen molar-refractivity contribution in [2.45, 2.75) is 13.5 Å². The minimum absolute atomic E-state index is 0.0843. The summed E-state index contributed by atoms with van der Waals surface area (Å²) in [5.74, 6) is -0.0843. The Morgan fingerprint density at radius 2 is 2.50 bits per heavy atom. The molecule has 0 saturated carbocycles. The minimum atomic E-state index is -0.0843. The molecule has 5 heteroatoms. The number of ether oxygens (including phenoxy) is 1. The molecule has 14 heavy (non-hydrogen) atoms. The molecule has 0 radical (unpaired) electrons. The Labute approximate surface area is 83.1 Å². The van der Waals surface area contributed by atoms with E-state index in [1.54, 1.807) is 10.9 Å². The summed E-state index contributed by atoms with van der Waals surface area (Å²) in [7, 11) is 0. The second kappa shape index (κ2) is 6.15. The van der Waals surface area contributed by atoms with Crippen LogP contribution in [0.2, 0.25) is 0 Å².